The van der Waals surface area contributed by atoms with E-state index in [0.717, 1.165) is 18.1 Å². The van der Waals surface area contributed by atoms with Gasteiger partial charge in [0.05, 0.1) is 19.1 Å². The molecule has 1 N–H and O–H groups in total. The monoisotopic (exact) mass is 492 g/mol. The van der Waals surface area contributed by atoms with Crippen molar-refractivity contribution in [3.05, 3.63) is 35.6 Å². The zero-order valence-electron chi connectivity index (χ0n) is 16.6. The molecule has 152 valence electrons. The van der Waals surface area contributed by atoms with E-state index in [1.165, 1.54) is 19.2 Å². The zero-order chi connectivity index (χ0) is 19.3. The molecule has 0 spiro atoms. The van der Waals surface area contributed by atoms with Crippen LogP contribution in [0.2, 0.25) is 0 Å². The Morgan fingerprint density at radius 2 is 2.00 bits per heavy atom. The summed E-state index contributed by atoms with van der Waals surface area (Å²) < 4.78 is 18.1. The van der Waals surface area contributed by atoms with E-state index in [9.17, 15) is 9.18 Å². The first-order valence-electron chi connectivity index (χ1n) is 8.82. The number of rotatable bonds is 5. The normalized spacial score (nSPS) is 21.0. The van der Waals surface area contributed by atoms with Gasteiger partial charge in [-0.05, 0) is 37.7 Å². The maximum absolute atomic E-state index is 13.2. The molecular weight excluding hydrogens is 462 g/mol. The molecule has 1 fully saturated rings. The molecule has 1 aromatic rings. The van der Waals surface area contributed by atoms with Crippen LogP contribution in [0, 0.1) is 17.7 Å². The first-order chi connectivity index (χ1) is 12.4. The number of nitrogens with one attached hydrogen (secondary N) is 1. The number of likely N-dealkylation sites (N-methyl/N-ethyl adjacent to an activating group) is 1. The highest BCUT2D eigenvalue weighted by Gasteiger charge is 2.37. The van der Waals surface area contributed by atoms with Gasteiger partial charge in [-0.1, -0.05) is 19.1 Å². The highest BCUT2D eigenvalue weighted by molar-refractivity contribution is 14.0. The van der Waals surface area contributed by atoms with Crippen LogP contribution in [0.15, 0.2) is 29.3 Å². The summed E-state index contributed by atoms with van der Waals surface area (Å²) in [5.74, 6) is 0.420. The molecule has 27 heavy (non-hydrogen) atoms. The molecular formula is C19H30FIN4O2. The van der Waals surface area contributed by atoms with Crippen molar-refractivity contribution in [2.75, 3.05) is 47.9 Å². The molecule has 8 heteroatoms. The minimum atomic E-state index is -0.241. The molecule has 3 unspecified atom stereocenters. The summed E-state index contributed by atoms with van der Waals surface area (Å²) >= 11 is 0. The van der Waals surface area contributed by atoms with Gasteiger partial charge in [0, 0.05) is 26.7 Å². The van der Waals surface area contributed by atoms with Gasteiger partial charge < -0.3 is 19.9 Å². The number of nitrogens with zero attached hydrogens (tertiary/aromatic N) is 3. The Bertz CT molecular complexity index is 639. The topological polar surface area (TPSA) is 57.2 Å². The number of halogens is 2. The van der Waals surface area contributed by atoms with Crippen molar-refractivity contribution in [2.24, 2.45) is 16.8 Å². The lowest BCUT2D eigenvalue weighted by atomic mass is 9.99. The van der Waals surface area contributed by atoms with Crippen LogP contribution >= 0.6 is 24.0 Å². The number of carbonyl (C=O) groups is 1. The van der Waals surface area contributed by atoms with E-state index in [1.54, 1.807) is 19.2 Å². The Kier molecular flexibility index (Phi) is 9.44. The predicted octanol–water partition coefficient (Wildman–Crippen LogP) is 2.36. The van der Waals surface area contributed by atoms with Gasteiger partial charge in [0.2, 0.25) is 0 Å². The van der Waals surface area contributed by atoms with Crippen LogP contribution in [0.3, 0.4) is 0 Å². The Balaban J connectivity index is 0.00000364. The fourth-order valence-electron chi connectivity index (χ4n) is 3.40. The van der Waals surface area contributed by atoms with Gasteiger partial charge in [0.15, 0.2) is 5.96 Å². The fraction of sp³-hybridized carbons (Fsp3) is 0.579. The quantitative estimate of drug-likeness (QED) is 0.296. The van der Waals surface area contributed by atoms with Gasteiger partial charge in [-0.3, -0.25) is 9.79 Å². The summed E-state index contributed by atoms with van der Waals surface area (Å²) in [6.07, 6.45) is 0. The van der Waals surface area contributed by atoms with Crippen molar-refractivity contribution in [3.63, 3.8) is 0 Å². The van der Waals surface area contributed by atoms with Crippen molar-refractivity contribution in [1.29, 1.82) is 0 Å². The molecule has 6 nitrogen and oxygen atoms in total. The number of guanidine groups is 1. The third kappa shape index (κ3) is 6.03. The fourth-order valence-corrected chi connectivity index (χ4v) is 3.40. The van der Waals surface area contributed by atoms with E-state index in [1.807, 2.05) is 14.1 Å². The van der Waals surface area contributed by atoms with E-state index < -0.39 is 0 Å². The summed E-state index contributed by atoms with van der Waals surface area (Å²) in [6.45, 7) is 4.02. The molecule has 1 aliphatic heterocycles. The summed E-state index contributed by atoms with van der Waals surface area (Å²) in [6, 6.07) is 6.63. The van der Waals surface area contributed by atoms with E-state index in [2.05, 4.69) is 27.0 Å². The van der Waals surface area contributed by atoms with Crippen molar-refractivity contribution >= 4 is 35.9 Å². The molecule has 1 aromatic carbocycles. The van der Waals surface area contributed by atoms with Crippen LogP contribution in [-0.2, 0) is 9.53 Å². The lowest BCUT2D eigenvalue weighted by molar-refractivity contribution is -0.145. The molecule has 1 heterocycles. The molecule has 1 aliphatic rings. The lowest BCUT2D eigenvalue weighted by Crippen LogP contribution is -2.43. The molecule has 2 rings (SSSR count). The third-order valence-electron chi connectivity index (χ3n) is 4.96. The van der Waals surface area contributed by atoms with E-state index in [4.69, 9.17) is 4.74 Å². The van der Waals surface area contributed by atoms with Crippen LogP contribution in [0.1, 0.15) is 18.5 Å². The Hall–Kier alpha value is -1.42. The summed E-state index contributed by atoms with van der Waals surface area (Å²) in [5, 5.41) is 3.39. The molecule has 0 saturated carbocycles. The second kappa shape index (κ2) is 10.8. The molecule has 0 amide bonds. The number of hydrogen-bond acceptors (Lipinski definition) is 4. The SMILES string of the molecule is CN=C(NCC(c1ccc(F)cc1)N(C)C)N1CC(C)C(C(=O)OC)C1.I. The van der Waals surface area contributed by atoms with Gasteiger partial charge in [0.1, 0.15) is 5.82 Å². The maximum Gasteiger partial charge on any atom is 0.310 e. The molecule has 0 aromatic heterocycles. The Morgan fingerprint density at radius 3 is 2.52 bits per heavy atom. The van der Waals surface area contributed by atoms with E-state index in [-0.39, 0.29) is 53.6 Å². The summed E-state index contributed by atoms with van der Waals surface area (Å²) in [7, 11) is 7.14. The average molecular weight is 492 g/mol. The van der Waals surface area contributed by atoms with Crippen molar-refractivity contribution < 1.29 is 13.9 Å². The Labute approximate surface area is 178 Å². The molecule has 0 bridgehead atoms. The van der Waals surface area contributed by atoms with Crippen molar-refractivity contribution in [3.8, 4) is 0 Å². The molecule has 1 saturated heterocycles. The van der Waals surface area contributed by atoms with Gasteiger partial charge in [-0.25, -0.2) is 4.39 Å². The number of ether oxygens (including phenoxy) is 1. The van der Waals surface area contributed by atoms with Crippen LogP contribution < -0.4 is 5.32 Å². The zero-order valence-corrected chi connectivity index (χ0v) is 18.9. The predicted molar refractivity (Wildman–Crippen MR) is 116 cm³/mol. The molecule has 0 aliphatic carbocycles. The molecule has 0 radical (unpaired) electrons. The third-order valence-corrected chi connectivity index (χ3v) is 4.96. The minimum absolute atomic E-state index is 0. The largest absolute Gasteiger partial charge is 0.469 e. The minimum Gasteiger partial charge on any atom is -0.469 e. The highest BCUT2D eigenvalue weighted by Crippen LogP contribution is 2.24. The first-order valence-corrected chi connectivity index (χ1v) is 8.82. The number of benzene rings is 1. The van der Waals surface area contributed by atoms with Gasteiger partial charge in [-0.15, -0.1) is 24.0 Å². The Morgan fingerprint density at radius 1 is 1.37 bits per heavy atom. The lowest BCUT2D eigenvalue weighted by Gasteiger charge is -2.28. The standard InChI is InChI=1S/C19H29FN4O2.HI/c1-13-11-24(12-16(13)18(25)26-5)19(21-2)22-10-17(23(3)4)14-6-8-15(20)9-7-14;/h6-9,13,16-17H,10-12H2,1-5H3,(H,21,22);1H. The van der Waals surface area contributed by atoms with E-state index >= 15 is 0 Å². The van der Waals surface area contributed by atoms with Crippen LogP contribution in [0.25, 0.3) is 0 Å². The highest BCUT2D eigenvalue weighted by atomic mass is 127. The summed E-state index contributed by atoms with van der Waals surface area (Å²) in [4.78, 5) is 20.4. The smallest absolute Gasteiger partial charge is 0.310 e. The number of carbonyl (C=O) groups excluding carboxylic acids is 1. The van der Waals surface area contributed by atoms with Gasteiger partial charge >= 0.3 is 5.97 Å². The number of methoxy groups -OCH3 is 1. The van der Waals surface area contributed by atoms with Crippen LogP contribution in [0.4, 0.5) is 4.39 Å². The molecule has 3 atom stereocenters. The van der Waals surface area contributed by atoms with Gasteiger partial charge in [-0.2, -0.15) is 0 Å². The van der Waals surface area contributed by atoms with Crippen LogP contribution in [-0.4, -0.2) is 69.6 Å². The van der Waals surface area contributed by atoms with E-state index in [0.29, 0.717) is 13.1 Å². The number of esters is 1. The second-order valence-corrected chi connectivity index (χ2v) is 6.97. The average Bonchev–Trinajstić information content (AvgIpc) is 3.00. The number of likely N-dealkylation sites (tertiary alicyclic amines) is 1. The summed E-state index contributed by atoms with van der Waals surface area (Å²) in [5.41, 5.74) is 1.03. The number of aliphatic imine (C=N–C) groups is 1. The second-order valence-electron chi connectivity index (χ2n) is 6.97. The van der Waals surface area contributed by atoms with Crippen molar-refractivity contribution in [2.45, 2.75) is 13.0 Å². The first kappa shape index (κ1) is 23.6. The van der Waals surface area contributed by atoms with Gasteiger partial charge in [0.25, 0.3) is 0 Å². The van der Waals surface area contributed by atoms with Crippen molar-refractivity contribution in [1.82, 2.24) is 15.1 Å². The van der Waals surface area contributed by atoms with Crippen LogP contribution in [0.5, 0.6) is 0 Å². The maximum atomic E-state index is 13.2. The number of hydrogen-bond donors (Lipinski definition) is 1.